The number of allylic oxidation sites excluding steroid dienone is 4. The molecule has 0 fully saturated rings. The average molecular weight is 226 g/mol. The van der Waals surface area contributed by atoms with E-state index in [1.54, 1.807) is 6.08 Å². The van der Waals surface area contributed by atoms with Gasteiger partial charge in [-0.3, -0.25) is 9.59 Å². The molecule has 0 bridgehead atoms. The number of halogens is 1. The summed E-state index contributed by atoms with van der Waals surface area (Å²) in [5.41, 5.74) is 1.59. The Morgan fingerprint density at radius 2 is 2.20 bits per heavy atom. The van der Waals surface area contributed by atoms with Crippen LogP contribution in [0.15, 0.2) is 34.5 Å². The van der Waals surface area contributed by atoms with Crippen LogP contribution in [0.5, 0.6) is 0 Å². The molecule has 0 spiro atoms. The lowest BCUT2D eigenvalue weighted by Gasteiger charge is -2.17. The maximum Gasteiger partial charge on any atom is 0.221 e. The van der Waals surface area contributed by atoms with E-state index in [0.29, 0.717) is 12.0 Å². The highest BCUT2D eigenvalue weighted by Gasteiger charge is 2.23. The SMILES string of the molecule is C=C1C=C(NC(C)=O)C(=O)C(Cl)=C1CC. The van der Waals surface area contributed by atoms with Crippen LogP contribution in [0, 0.1) is 0 Å². The minimum atomic E-state index is -0.351. The minimum absolute atomic E-state index is 0.147. The third-order valence-corrected chi connectivity index (χ3v) is 2.48. The summed E-state index contributed by atoms with van der Waals surface area (Å²) in [7, 11) is 0. The molecular formula is C11H12ClNO2. The third kappa shape index (κ3) is 2.36. The van der Waals surface area contributed by atoms with Gasteiger partial charge in [-0.05, 0) is 23.6 Å². The lowest BCUT2D eigenvalue weighted by molar-refractivity contribution is -0.120. The fraction of sp³-hybridized carbons (Fsp3) is 0.273. The quantitative estimate of drug-likeness (QED) is 0.782. The summed E-state index contributed by atoms with van der Waals surface area (Å²) in [5, 5.41) is 2.58. The summed E-state index contributed by atoms with van der Waals surface area (Å²) in [6.45, 7) is 7.02. The maximum atomic E-state index is 11.7. The molecule has 4 heteroatoms. The zero-order valence-electron chi connectivity index (χ0n) is 8.69. The highest BCUT2D eigenvalue weighted by molar-refractivity contribution is 6.46. The van der Waals surface area contributed by atoms with Crippen molar-refractivity contribution in [1.29, 1.82) is 0 Å². The average Bonchev–Trinajstić information content (AvgIpc) is 2.14. The number of carbonyl (C=O) groups is 2. The molecule has 1 aliphatic rings. The van der Waals surface area contributed by atoms with Gasteiger partial charge < -0.3 is 5.32 Å². The molecule has 0 aliphatic heterocycles. The van der Waals surface area contributed by atoms with Gasteiger partial charge in [-0.1, -0.05) is 25.1 Å². The van der Waals surface area contributed by atoms with E-state index < -0.39 is 0 Å². The smallest absolute Gasteiger partial charge is 0.221 e. The molecule has 0 heterocycles. The van der Waals surface area contributed by atoms with Crippen molar-refractivity contribution in [2.45, 2.75) is 20.3 Å². The Balaban J connectivity index is 3.05. The third-order valence-electron chi connectivity index (χ3n) is 2.08. The first-order chi connectivity index (χ1) is 6.97. The van der Waals surface area contributed by atoms with Gasteiger partial charge in [0.25, 0.3) is 0 Å². The van der Waals surface area contributed by atoms with E-state index in [9.17, 15) is 9.59 Å². The number of amides is 1. The molecule has 0 radical (unpaired) electrons. The Morgan fingerprint density at radius 3 is 2.67 bits per heavy atom. The van der Waals surface area contributed by atoms with Crippen molar-refractivity contribution in [3.05, 3.63) is 34.5 Å². The van der Waals surface area contributed by atoms with Crippen LogP contribution in [0.25, 0.3) is 0 Å². The first-order valence-electron chi connectivity index (χ1n) is 4.59. The number of ketones is 1. The van der Waals surface area contributed by atoms with Crippen molar-refractivity contribution < 1.29 is 9.59 Å². The molecule has 0 aromatic carbocycles. The highest BCUT2D eigenvalue weighted by atomic mass is 35.5. The molecule has 0 unspecified atom stereocenters. The predicted octanol–water partition coefficient (Wildman–Crippen LogP) is 2.05. The molecule has 1 aliphatic carbocycles. The van der Waals surface area contributed by atoms with Gasteiger partial charge in [-0.25, -0.2) is 0 Å². The standard InChI is InChI=1S/C11H12ClNO2/c1-4-8-6(2)5-9(13-7(3)14)11(15)10(8)12/h5H,2,4H2,1,3H3,(H,13,14). The fourth-order valence-electron chi connectivity index (χ4n) is 1.39. The van der Waals surface area contributed by atoms with Gasteiger partial charge in [0.05, 0.1) is 10.7 Å². The van der Waals surface area contributed by atoms with E-state index in [-0.39, 0.29) is 22.4 Å². The molecule has 15 heavy (non-hydrogen) atoms. The second-order valence-electron chi connectivity index (χ2n) is 3.24. The molecule has 80 valence electrons. The summed E-state index contributed by atoms with van der Waals surface area (Å²) in [4.78, 5) is 22.5. The van der Waals surface area contributed by atoms with E-state index in [1.807, 2.05) is 6.92 Å². The predicted molar refractivity (Wildman–Crippen MR) is 59.2 cm³/mol. The van der Waals surface area contributed by atoms with Crippen LogP contribution in [0.2, 0.25) is 0 Å². The van der Waals surface area contributed by atoms with Crippen molar-refractivity contribution >= 4 is 23.3 Å². The van der Waals surface area contributed by atoms with Crippen molar-refractivity contribution in [2.75, 3.05) is 0 Å². The zero-order valence-corrected chi connectivity index (χ0v) is 9.44. The van der Waals surface area contributed by atoms with E-state index in [0.717, 1.165) is 5.57 Å². The topological polar surface area (TPSA) is 46.2 Å². The van der Waals surface area contributed by atoms with Gasteiger partial charge in [0, 0.05) is 6.92 Å². The van der Waals surface area contributed by atoms with Gasteiger partial charge in [0.1, 0.15) is 0 Å². The van der Waals surface area contributed by atoms with Crippen molar-refractivity contribution in [3.8, 4) is 0 Å². The lowest BCUT2D eigenvalue weighted by Crippen LogP contribution is -2.27. The van der Waals surface area contributed by atoms with Crippen LogP contribution < -0.4 is 5.32 Å². The van der Waals surface area contributed by atoms with Gasteiger partial charge in [0.15, 0.2) is 0 Å². The number of carbonyl (C=O) groups excluding carboxylic acids is 2. The van der Waals surface area contributed by atoms with Crippen LogP contribution in [-0.2, 0) is 9.59 Å². The van der Waals surface area contributed by atoms with Gasteiger partial charge in [0.2, 0.25) is 11.7 Å². The molecule has 1 rings (SSSR count). The Morgan fingerprint density at radius 1 is 1.60 bits per heavy atom. The van der Waals surface area contributed by atoms with Gasteiger partial charge >= 0.3 is 0 Å². The monoisotopic (exact) mass is 225 g/mol. The van der Waals surface area contributed by atoms with E-state index in [1.165, 1.54) is 6.92 Å². The first kappa shape index (κ1) is 11.7. The molecule has 0 saturated carbocycles. The van der Waals surface area contributed by atoms with Crippen LogP contribution in [0.1, 0.15) is 20.3 Å². The zero-order chi connectivity index (χ0) is 11.6. The van der Waals surface area contributed by atoms with E-state index in [4.69, 9.17) is 11.6 Å². The summed E-state index contributed by atoms with van der Waals surface area (Å²) in [5.74, 6) is -0.650. The molecule has 0 aromatic rings. The fourth-order valence-corrected chi connectivity index (χ4v) is 1.74. The van der Waals surface area contributed by atoms with Gasteiger partial charge in [-0.2, -0.15) is 0 Å². The largest absolute Gasteiger partial charge is 0.323 e. The van der Waals surface area contributed by atoms with E-state index in [2.05, 4.69) is 11.9 Å². The molecule has 1 amide bonds. The van der Waals surface area contributed by atoms with Crippen LogP contribution >= 0.6 is 11.6 Å². The maximum absolute atomic E-state index is 11.7. The Labute approximate surface area is 93.5 Å². The van der Waals surface area contributed by atoms with Crippen LogP contribution in [0.3, 0.4) is 0 Å². The highest BCUT2D eigenvalue weighted by Crippen LogP contribution is 2.28. The molecule has 0 saturated heterocycles. The Kier molecular flexibility index (Phi) is 3.48. The number of rotatable bonds is 2. The van der Waals surface area contributed by atoms with E-state index >= 15 is 0 Å². The van der Waals surface area contributed by atoms with Gasteiger partial charge in [-0.15, -0.1) is 0 Å². The summed E-state index contributed by atoms with van der Waals surface area (Å²) >= 11 is 5.88. The summed E-state index contributed by atoms with van der Waals surface area (Å²) in [6.07, 6.45) is 2.20. The molecule has 0 atom stereocenters. The molecule has 3 nitrogen and oxygen atoms in total. The van der Waals surface area contributed by atoms with Crippen molar-refractivity contribution in [1.82, 2.24) is 5.32 Å². The molecule has 1 N–H and O–H groups in total. The minimum Gasteiger partial charge on any atom is -0.323 e. The second-order valence-corrected chi connectivity index (χ2v) is 3.62. The lowest BCUT2D eigenvalue weighted by atomic mass is 9.96. The summed E-state index contributed by atoms with van der Waals surface area (Å²) in [6, 6.07) is 0. The number of hydrogen-bond acceptors (Lipinski definition) is 2. The van der Waals surface area contributed by atoms with Crippen LogP contribution in [0.4, 0.5) is 0 Å². The first-order valence-corrected chi connectivity index (χ1v) is 4.97. The van der Waals surface area contributed by atoms with Crippen molar-refractivity contribution in [3.63, 3.8) is 0 Å². The number of hydrogen-bond donors (Lipinski definition) is 1. The number of Topliss-reactive ketones (excluding diaryl/α,β-unsaturated/α-hetero) is 1. The number of nitrogens with one attached hydrogen (secondary N) is 1. The second kappa shape index (κ2) is 4.45. The van der Waals surface area contributed by atoms with Crippen molar-refractivity contribution in [2.24, 2.45) is 0 Å². The Hall–Kier alpha value is -1.35. The van der Waals surface area contributed by atoms with Crippen LogP contribution in [-0.4, -0.2) is 11.7 Å². The normalized spacial score (nSPS) is 16.6. The Bertz CT molecular complexity index is 405. The molecule has 0 aromatic heterocycles. The summed E-state index contributed by atoms with van der Waals surface area (Å²) < 4.78 is 0. The molecular weight excluding hydrogens is 214 g/mol.